The summed E-state index contributed by atoms with van der Waals surface area (Å²) in [7, 11) is 0. The van der Waals surface area contributed by atoms with E-state index in [-0.39, 0.29) is 30.9 Å². The van der Waals surface area contributed by atoms with Crippen LogP contribution in [0.2, 0.25) is 0 Å². The van der Waals surface area contributed by atoms with Gasteiger partial charge in [-0.25, -0.2) is 9.59 Å². The second-order valence-corrected chi connectivity index (χ2v) is 9.35. The van der Waals surface area contributed by atoms with Crippen LogP contribution in [0.4, 0.5) is 9.59 Å². The van der Waals surface area contributed by atoms with Gasteiger partial charge in [0.15, 0.2) is 0 Å². The number of amides is 2. The lowest BCUT2D eigenvalue weighted by Crippen LogP contribution is -2.42. The van der Waals surface area contributed by atoms with Crippen LogP contribution in [-0.4, -0.2) is 81.8 Å². The van der Waals surface area contributed by atoms with E-state index in [9.17, 15) is 14.7 Å². The molecule has 2 aliphatic heterocycles. The third kappa shape index (κ3) is 9.10. The molecule has 0 unspecified atom stereocenters. The summed E-state index contributed by atoms with van der Waals surface area (Å²) < 4.78 is 10.4. The van der Waals surface area contributed by atoms with Crippen LogP contribution in [0.1, 0.15) is 67.2 Å². The molecule has 0 saturated carbocycles. The van der Waals surface area contributed by atoms with E-state index >= 15 is 0 Å². The van der Waals surface area contributed by atoms with Gasteiger partial charge in [-0.3, -0.25) is 0 Å². The Morgan fingerprint density at radius 3 is 1.86 bits per heavy atom. The van der Waals surface area contributed by atoms with Crippen LogP contribution in [0.5, 0.6) is 0 Å². The predicted molar refractivity (Wildman–Crippen MR) is 106 cm³/mol. The smallest absolute Gasteiger partial charge is 0.410 e. The second-order valence-electron chi connectivity index (χ2n) is 9.35. The number of ether oxygens (including phenoxy) is 2. The third-order valence-corrected chi connectivity index (χ3v) is 4.33. The largest absolute Gasteiger partial charge is 0.444 e. The Labute approximate surface area is 168 Å². The topological polar surface area (TPSA) is 99.5 Å². The van der Waals surface area contributed by atoms with Crippen molar-refractivity contribution >= 4 is 12.2 Å². The van der Waals surface area contributed by atoms with Gasteiger partial charge in [-0.05, 0) is 67.2 Å². The van der Waals surface area contributed by atoms with Crippen molar-refractivity contribution < 1.29 is 29.3 Å². The number of piperidine rings is 1. The summed E-state index contributed by atoms with van der Waals surface area (Å²) in [6, 6.07) is -0.0511. The van der Waals surface area contributed by atoms with Crippen LogP contribution < -0.4 is 0 Å². The number of likely N-dealkylation sites (tertiary alicyclic amines) is 2. The molecule has 2 aliphatic rings. The van der Waals surface area contributed by atoms with Gasteiger partial charge in [0.2, 0.25) is 0 Å². The fourth-order valence-electron chi connectivity index (χ4n) is 2.96. The number of hydrogen-bond acceptors (Lipinski definition) is 6. The number of rotatable bonds is 1. The molecule has 2 saturated heterocycles. The van der Waals surface area contributed by atoms with Gasteiger partial charge in [0.25, 0.3) is 0 Å². The number of hydrogen-bond donors (Lipinski definition) is 2. The summed E-state index contributed by atoms with van der Waals surface area (Å²) in [5.74, 6) is 0. The summed E-state index contributed by atoms with van der Waals surface area (Å²) in [4.78, 5) is 26.4. The molecule has 0 aliphatic carbocycles. The Morgan fingerprint density at radius 1 is 0.893 bits per heavy atom. The van der Waals surface area contributed by atoms with E-state index in [1.807, 2.05) is 41.5 Å². The predicted octanol–water partition coefficient (Wildman–Crippen LogP) is 2.76. The summed E-state index contributed by atoms with van der Waals surface area (Å²) in [5.41, 5.74) is -0.896. The van der Waals surface area contributed by atoms with Gasteiger partial charge in [-0.15, -0.1) is 0 Å². The molecule has 8 heteroatoms. The van der Waals surface area contributed by atoms with Crippen LogP contribution in [0, 0.1) is 0 Å². The molecular weight excluding hydrogens is 364 g/mol. The van der Waals surface area contributed by atoms with E-state index in [4.69, 9.17) is 14.6 Å². The zero-order valence-electron chi connectivity index (χ0n) is 18.2. The Balaban J connectivity index is 0.000000280. The molecule has 2 rings (SSSR count). The monoisotopic (exact) mass is 402 g/mol. The van der Waals surface area contributed by atoms with Gasteiger partial charge in [-0.1, -0.05) is 0 Å². The average Bonchev–Trinajstić information content (AvgIpc) is 3.01. The molecule has 1 atom stereocenters. The van der Waals surface area contributed by atoms with Crippen molar-refractivity contribution in [3.05, 3.63) is 0 Å². The zero-order valence-corrected chi connectivity index (χ0v) is 18.2. The van der Waals surface area contributed by atoms with Crippen molar-refractivity contribution in [2.75, 3.05) is 26.2 Å². The number of aliphatic hydroxyl groups is 2. The standard InChI is InChI=1S/2C10H19NO3/c1-10(2,3)14-9(13)11-6-4-8(12)5-7-11;1-10(2,3)14-9(13)11-6-4-5-8(11)7-12/h2*8,12H,4-7H2,1-3H3/t;8-/m.1/s1. The summed E-state index contributed by atoms with van der Waals surface area (Å²) in [5, 5.41) is 18.3. The normalized spacial score (nSPS) is 21.1. The van der Waals surface area contributed by atoms with Crippen LogP contribution in [0.3, 0.4) is 0 Å². The summed E-state index contributed by atoms with van der Waals surface area (Å²) in [6.45, 7) is 13.0. The molecular formula is C20H38N2O6. The van der Waals surface area contributed by atoms with Crippen molar-refractivity contribution in [2.45, 2.75) is 90.6 Å². The van der Waals surface area contributed by atoms with Crippen molar-refractivity contribution in [3.8, 4) is 0 Å². The Kier molecular flexibility index (Phi) is 9.01. The van der Waals surface area contributed by atoms with Gasteiger partial charge in [-0.2, -0.15) is 0 Å². The van der Waals surface area contributed by atoms with Crippen LogP contribution >= 0.6 is 0 Å². The lowest BCUT2D eigenvalue weighted by molar-refractivity contribution is 0.00992. The minimum atomic E-state index is -0.459. The van der Waals surface area contributed by atoms with E-state index in [1.54, 1.807) is 9.80 Å². The molecule has 28 heavy (non-hydrogen) atoms. The number of aliphatic hydroxyl groups excluding tert-OH is 2. The number of carbonyl (C=O) groups excluding carboxylic acids is 2. The van der Waals surface area contributed by atoms with E-state index in [0.717, 1.165) is 12.8 Å². The maximum absolute atomic E-state index is 11.6. The highest BCUT2D eigenvalue weighted by Crippen LogP contribution is 2.20. The Morgan fingerprint density at radius 2 is 1.39 bits per heavy atom. The van der Waals surface area contributed by atoms with E-state index in [0.29, 0.717) is 32.5 Å². The molecule has 0 aromatic rings. The molecule has 8 nitrogen and oxygen atoms in total. The fraction of sp³-hybridized carbons (Fsp3) is 0.900. The van der Waals surface area contributed by atoms with E-state index < -0.39 is 11.2 Å². The van der Waals surface area contributed by atoms with Gasteiger partial charge in [0.05, 0.1) is 18.8 Å². The molecule has 2 heterocycles. The average molecular weight is 403 g/mol. The Hall–Kier alpha value is -1.54. The van der Waals surface area contributed by atoms with Crippen molar-refractivity contribution in [3.63, 3.8) is 0 Å². The minimum Gasteiger partial charge on any atom is -0.444 e. The third-order valence-electron chi connectivity index (χ3n) is 4.33. The Bertz CT molecular complexity index is 504. The molecule has 2 fully saturated rings. The first-order valence-corrected chi connectivity index (χ1v) is 10.1. The minimum absolute atomic E-state index is 0.0270. The maximum Gasteiger partial charge on any atom is 0.410 e. The van der Waals surface area contributed by atoms with Crippen molar-refractivity contribution in [2.24, 2.45) is 0 Å². The van der Waals surface area contributed by atoms with Crippen LogP contribution in [0.15, 0.2) is 0 Å². The highest BCUT2D eigenvalue weighted by atomic mass is 16.6. The number of nitrogens with zero attached hydrogens (tertiary/aromatic N) is 2. The first-order chi connectivity index (χ1) is 12.8. The zero-order chi connectivity index (χ0) is 21.5. The molecule has 164 valence electrons. The maximum atomic E-state index is 11.6. The summed E-state index contributed by atoms with van der Waals surface area (Å²) in [6.07, 6.45) is 2.28. The fourth-order valence-corrected chi connectivity index (χ4v) is 2.96. The van der Waals surface area contributed by atoms with E-state index in [1.165, 1.54) is 0 Å². The van der Waals surface area contributed by atoms with Crippen LogP contribution in [-0.2, 0) is 9.47 Å². The molecule has 0 aromatic carbocycles. The lowest BCUT2D eigenvalue weighted by Gasteiger charge is -2.31. The van der Waals surface area contributed by atoms with Gasteiger partial charge < -0.3 is 29.5 Å². The molecule has 0 spiro atoms. The molecule has 2 N–H and O–H groups in total. The van der Waals surface area contributed by atoms with Gasteiger partial charge in [0, 0.05) is 19.6 Å². The SMILES string of the molecule is CC(C)(C)OC(=O)N1CCC(O)CC1.CC(C)(C)OC(=O)N1CCC[C@@H]1CO. The molecule has 0 radical (unpaired) electrons. The van der Waals surface area contributed by atoms with Crippen molar-refractivity contribution in [1.82, 2.24) is 9.80 Å². The van der Waals surface area contributed by atoms with Gasteiger partial charge >= 0.3 is 12.2 Å². The van der Waals surface area contributed by atoms with Crippen LogP contribution in [0.25, 0.3) is 0 Å². The van der Waals surface area contributed by atoms with Crippen molar-refractivity contribution in [1.29, 1.82) is 0 Å². The first kappa shape index (κ1) is 24.5. The second kappa shape index (κ2) is 10.3. The molecule has 0 aromatic heterocycles. The number of carbonyl (C=O) groups is 2. The lowest BCUT2D eigenvalue weighted by atomic mass is 10.1. The first-order valence-electron chi connectivity index (χ1n) is 10.1. The molecule has 0 bridgehead atoms. The van der Waals surface area contributed by atoms with E-state index in [2.05, 4.69) is 0 Å². The van der Waals surface area contributed by atoms with Gasteiger partial charge in [0.1, 0.15) is 11.2 Å². The highest BCUT2D eigenvalue weighted by Gasteiger charge is 2.31. The summed E-state index contributed by atoms with van der Waals surface area (Å²) >= 11 is 0. The quantitative estimate of drug-likeness (QED) is 0.700. The highest BCUT2D eigenvalue weighted by molar-refractivity contribution is 5.69. The molecule has 2 amide bonds.